The smallest absolute Gasteiger partial charge is 0.150 e. The SMILES string of the molecule is Cc1cc2c(cc1-c1cc(C=O)ccc1N(C)C)C(C)(C)COC2(C)C. The normalized spacial score (nSPS) is 17.5. The fraction of sp³-hybridized carbons (Fsp3) is 0.435. The van der Waals surface area contributed by atoms with E-state index in [1.165, 1.54) is 22.3 Å². The molecule has 1 aliphatic rings. The van der Waals surface area contributed by atoms with Gasteiger partial charge in [0.1, 0.15) is 6.29 Å². The molecule has 3 rings (SSSR count). The quantitative estimate of drug-likeness (QED) is 0.722. The van der Waals surface area contributed by atoms with E-state index in [4.69, 9.17) is 4.74 Å². The lowest BCUT2D eigenvalue weighted by atomic mass is 9.73. The van der Waals surface area contributed by atoms with Gasteiger partial charge in [-0.15, -0.1) is 0 Å². The molecule has 1 aliphatic heterocycles. The van der Waals surface area contributed by atoms with Gasteiger partial charge in [-0.3, -0.25) is 4.79 Å². The van der Waals surface area contributed by atoms with Crippen molar-refractivity contribution in [3.63, 3.8) is 0 Å². The second-order valence-corrected chi connectivity index (χ2v) is 8.68. The lowest BCUT2D eigenvalue weighted by Gasteiger charge is -2.42. The third kappa shape index (κ3) is 3.05. The highest BCUT2D eigenvalue weighted by molar-refractivity contribution is 5.87. The van der Waals surface area contributed by atoms with Gasteiger partial charge in [0.15, 0.2) is 0 Å². The molecule has 0 aliphatic carbocycles. The zero-order valence-corrected chi connectivity index (χ0v) is 16.9. The van der Waals surface area contributed by atoms with Crippen LogP contribution >= 0.6 is 0 Å². The first-order chi connectivity index (χ1) is 12.1. The molecule has 0 unspecified atom stereocenters. The second kappa shape index (κ2) is 6.24. The van der Waals surface area contributed by atoms with E-state index in [0.717, 1.165) is 17.5 Å². The zero-order valence-electron chi connectivity index (χ0n) is 16.9. The van der Waals surface area contributed by atoms with E-state index in [9.17, 15) is 4.79 Å². The molecule has 0 aromatic heterocycles. The van der Waals surface area contributed by atoms with Gasteiger partial charge >= 0.3 is 0 Å². The van der Waals surface area contributed by atoms with Gasteiger partial charge in [0.2, 0.25) is 0 Å². The average molecular weight is 351 g/mol. The number of hydrogen-bond donors (Lipinski definition) is 0. The molecular weight excluding hydrogens is 322 g/mol. The molecule has 0 fully saturated rings. The van der Waals surface area contributed by atoms with Crippen LogP contribution in [0.3, 0.4) is 0 Å². The van der Waals surface area contributed by atoms with Crippen molar-refractivity contribution >= 4 is 12.0 Å². The van der Waals surface area contributed by atoms with E-state index < -0.39 is 0 Å². The molecule has 3 nitrogen and oxygen atoms in total. The minimum absolute atomic E-state index is 0.0478. The summed E-state index contributed by atoms with van der Waals surface area (Å²) in [5, 5.41) is 0. The molecule has 0 N–H and O–H groups in total. The number of fused-ring (bicyclic) bond motifs is 1. The number of hydrogen-bond acceptors (Lipinski definition) is 3. The summed E-state index contributed by atoms with van der Waals surface area (Å²) >= 11 is 0. The summed E-state index contributed by atoms with van der Waals surface area (Å²) < 4.78 is 6.15. The maximum Gasteiger partial charge on any atom is 0.150 e. The molecular formula is C23H29NO2. The Morgan fingerprint density at radius 2 is 1.69 bits per heavy atom. The maximum atomic E-state index is 11.3. The lowest BCUT2D eigenvalue weighted by molar-refractivity contribution is -0.0587. The van der Waals surface area contributed by atoms with Crippen LogP contribution in [0.15, 0.2) is 30.3 Å². The molecule has 1 heterocycles. The van der Waals surface area contributed by atoms with Gasteiger partial charge in [-0.2, -0.15) is 0 Å². The largest absolute Gasteiger partial charge is 0.377 e. The third-order valence-corrected chi connectivity index (χ3v) is 5.46. The summed E-state index contributed by atoms with van der Waals surface area (Å²) in [5.74, 6) is 0. The lowest BCUT2D eigenvalue weighted by Crippen LogP contribution is -2.40. The molecule has 26 heavy (non-hydrogen) atoms. The van der Waals surface area contributed by atoms with E-state index in [2.05, 4.69) is 51.7 Å². The van der Waals surface area contributed by atoms with Gasteiger partial charge in [0.25, 0.3) is 0 Å². The number of aldehydes is 1. The van der Waals surface area contributed by atoms with E-state index in [-0.39, 0.29) is 11.0 Å². The summed E-state index contributed by atoms with van der Waals surface area (Å²) in [4.78, 5) is 13.4. The Morgan fingerprint density at radius 3 is 2.31 bits per heavy atom. The van der Waals surface area contributed by atoms with Crippen molar-refractivity contribution < 1.29 is 9.53 Å². The van der Waals surface area contributed by atoms with Crippen molar-refractivity contribution in [3.8, 4) is 11.1 Å². The Hall–Kier alpha value is -2.13. The van der Waals surface area contributed by atoms with Crippen LogP contribution < -0.4 is 4.90 Å². The van der Waals surface area contributed by atoms with Crippen LogP contribution in [0.1, 0.15) is 54.7 Å². The first kappa shape index (κ1) is 18.7. The Labute approximate surface area is 157 Å². The van der Waals surface area contributed by atoms with Crippen LogP contribution in [-0.2, 0) is 15.8 Å². The zero-order chi connectivity index (χ0) is 19.3. The van der Waals surface area contributed by atoms with Crippen LogP contribution in [0.25, 0.3) is 11.1 Å². The number of rotatable bonds is 3. The Morgan fingerprint density at radius 1 is 1.00 bits per heavy atom. The fourth-order valence-corrected chi connectivity index (χ4v) is 3.81. The fourth-order valence-electron chi connectivity index (χ4n) is 3.81. The molecule has 2 aromatic rings. The predicted molar refractivity (Wildman–Crippen MR) is 108 cm³/mol. The highest BCUT2D eigenvalue weighted by atomic mass is 16.5. The van der Waals surface area contributed by atoms with Crippen molar-refractivity contribution in [2.75, 3.05) is 25.6 Å². The summed E-state index contributed by atoms with van der Waals surface area (Å²) in [5.41, 5.74) is 7.54. The van der Waals surface area contributed by atoms with Crippen molar-refractivity contribution in [2.45, 2.75) is 45.6 Å². The maximum absolute atomic E-state index is 11.3. The first-order valence-corrected chi connectivity index (χ1v) is 9.13. The number of nitrogens with zero attached hydrogens (tertiary/aromatic N) is 1. The Kier molecular flexibility index (Phi) is 4.48. The van der Waals surface area contributed by atoms with E-state index >= 15 is 0 Å². The van der Waals surface area contributed by atoms with Crippen molar-refractivity contribution in [3.05, 3.63) is 52.6 Å². The summed E-state index contributed by atoms with van der Waals surface area (Å²) in [6.45, 7) is 11.6. The molecule has 2 aromatic carbocycles. The molecule has 0 saturated carbocycles. The molecule has 0 atom stereocenters. The molecule has 0 amide bonds. The van der Waals surface area contributed by atoms with Gasteiger partial charge in [-0.1, -0.05) is 19.9 Å². The van der Waals surface area contributed by atoms with Gasteiger partial charge in [0.05, 0.1) is 12.2 Å². The number of aryl methyl sites for hydroxylation is 1. The average Bonchev–Trinajstić information content (AvgIpc) is 2.58. The molecule has 0 bridgehead atoms. The number of ether oxygens (including phenoxy) is 1. The minimum atomic E-state index is -0.289. The topological polar surface area (TPSA) is 29.5 Å². The van der Waals surface area contributed by atoms with Crippen molar-refractivity contribution in [1.29, 1.82) is 0 Å². The summed E-state index contributed by atoms with van der Waals surface area (Å²) in [6.07, 6.45) is 0.914. The second-order valence-electron chi connectivity index (χ2n) is 8.68. The van der Waals surface area contributed by atoms with E-state index in [1.54, 1.807) is 0 Å². The standard InChI is InChI=1S/C23H29NO2/c1-15-10-20-19(22(2,3)14-26-23(20,4)5)12-17(15)18-11-16(13-25)8-9-21(18)24(6)7/h8-13H,14H2,1-7H3. The summed E-state index contributed by atoms with van der Waals surface area (Å²) in [6, 6.07) is 10.5. The number of benzene rings is 2. The monoisotopic (exact) mass is 351 g/mol. The van der Waals surface area contributed by atoms with Gasteiger partial charge in [0, 0.05) is 36.3 Å². The first-order valence-electron chi connectivity index (χ1n) is 9.13. The van der Waals surface area contributed by atoms with Gasteiger partial charge in [-0.05, 0) is 67.3 Å². The molecule has 138 valence electrons. The minimum Gasteiger partial charge on any atom is -0.377 e. The molecule has 0 spiro atoms. The van der Waals surface area contributed by atoms with E-state index in [1.807, 2.05) is 32.3 Å². The summed E-state index contributed by atoms with van der Waals surface area (Å²) in [7, 11) is 4.07. The van der Waals surface area contributed by atoms with Crippen LogP contribution in [0.4, 0.5) is 5.69 Å². The van der Waals surface area contributed by atoms with Crippen LogP contribution in [0, 0.1) is 6.92 Å². The number of carbonyl (C=O) groups excluding carboxylic acids is 1. The van der Waals surface area contributed by atoms with Crippen LogP contribution in [0.5, 0.6) is 0 Å². The molecule has 0 radical (unpaired) electrons. The number of anilines is 1. The van der Waals surface area contributed by atoms with E-state index in [0.29, 0.717) is 12.2 Å². The third-order valence-electron chi connectivity index (χ3n) is 5.46. The van der Waals surface area contributed by atoms with Crippen molar-refractivity contribution in [1.82, 2.24) is 0 Å². The Bertz CT molecular complexity index is 863. The van der Waals surface area contributed by atoms with Crippen LogP contribution in [0.2, 0.25) is 0 Å². The Balaban J connectivity index is 2.30. The van der Waals surface area contributed by atoms with Gasteiger partial charge < -0.3 is 9.64 Å². The molecule has 3 heteroatoms. The van der Waals surface area contributed by atoms with Crippen molar-refractivity contribution in [2.24, 2.45) is 0 Å². The predicted octanol–water partition coefficient (Wildman–Crippen LogP) is 5.08. The van der Waals surface area contributed by atoms with Crippen LogP contribution in [-0.4, -0.2) is 27.0 Å². The number of carbonyl (C=O) groups is 1. The molecule has 0 saturated heterocycles. The highest BCUT2D eigenvalue weighted by Crippen LogP contribution is 2.44. The van der Waals surface area contributed by atoms with Gasteiger partial charge in [-0.25, -0.2) is 0 Å². The highest BCUT2D eigenvalue weighted by Gasteiger charge is 2.38.